The maximum absolute atomic E-state index is 12.9. The number of ether oxygens (including phenoxy) is 1. The number of carbonyl (C=O) groups excluding carboxylic acids is 1. The molecule has 1 heterocycles. The second-order valence-electron chi connectivity index (χ2n) is 7.29. The number of amides is 1. The van der Waals surface area contributed by atoms with Gasteiger partial charge in [-0.1, -0.05) is 30.3 Å². The Morgan fingerprint density at radius 2 is 1.71 bits per heavy atom. The minimum Gasteiger partial charge on any atom is -0.492 e. The summed E-state index contributed by atoms with van der Waals surface area (Å²) in [6, 6.07) is 17.6. The zero-order chi connectivity index (χ0) is 22.3. The molecule has 2 aromatic rings. The Morgan fingerprint density at radius 3 is 2.39 bits per heavy atom. The molecule has 0 unspecified atom stereocenters. The molecule has 164 valence electrons. The Labute approximate surface area is 183 Å². The molecule has 1 amide bonds. The molecule has 0 radical (unpaired) electrons. The topological polar surface area (TPSA) is 93.9 Å². The summed E-state index contributed by atoms with van der Waals surface area (Å²) in [5.74, 6) is 0.745. The van der Waals surface area contributed by atoms with Gasteiger partial charge in [0.1, 0.15) is 18.4 Å². The lowest BCUT2D eigenvalue weighted by molar-refractivity contribution is -0.133. The fraction of sp³-hybridized carbons (Fsp3) is 0.364. The number of benzene rings is 2. The van der Waals surface area contributed by atoms with Gasteiger partial charge in [0.25, 0.3) is 0 Å². The minimum atomic E-state index is -3.77. The average molecular weight is 443 g/mol. The number of hydrogen-bond acceptors (Lipinski definition) is 6. The Bertz CT molecular complexity index is 1030. The fourth-order valence-corrected chi connectivity index (χ4v) is 4.91. The largest absolute Gasteiger partial charge is 0.492 e. The molecular formula is C22H26N4O4S. The van der Waals surface area contributed by atoms with E-state index in [4.69, 9.17) is 4.74 Å². The number of likely N-dealkylation sites (N-methyl/N-ethyl adjacent to an activating group) is 1. The number of nitrogens with zero attached hydrogens (tertiary/aromatic N) is 4. The molecule has 0 atom stereocenters. The first kappa shape index (κ1) is 22.7. The summed E-state index contributed by atoms with van der Waals surface area (Å²) in [5.41, 5.74) is 0.125. The smallest absolute Gasteiger partial charge is 0.244 e. The lowest BCUT2D eigenvalue weighted by atomic mass is 10.2. The van der Waals surface area contributed by atoms with E-state index in [1.54, 1.807) is 17.0 Å². The van der Waals surface area contributed by atoms with Gasteiger partial charge in [-0.2, -0.15) is 9.57 Å². The maximum Gasteiger partial charge on any atom is 0.244 e. The zero-order valence-corrected chi connectivity index (χ0v) is 18.3. The fourth-order valence-electron chi connectivity index (χ4n) is 3.35. The van der Waals surface area contributed by atoms with Crippen molar-refractivity contribution in [2.24, 2.45) is 0 Å². The van der Waals surface area contributed by atoms with Crippen LogP contribution in [0.4, 0.5) is 0 Å². The highest BCUT2D eigenvalue weighted by atomic mass is 32.2. The molecular weight excluding hydrogens is 416 g/mol. The van der Waals surface area contributed by atoms with E-state index in [1.165, 1.54) is 16.4 Å². The van der Waals surface area contributed by atoms with Crippen LogP contribution in [0.25, 0.3) is 0 Å². The summed E-state index contributed by atoms with van der Waals surface area (Å²) in [6.07, 6.45) is 0. The van der Waals surface area contributed by atoms with Gasteiger partial charge in [-0.15, -0.1) is 0 Å². The molecule has 1 fully saturated rings. The van der Waals surface area contributed by atoms with Crippen LogP contribution in [0, 0.1) is 11.3 Å². The van der Waals surface area contributed by atoms with Gasteiger partial charge in [-0.3, -0.25) is 9.69 Å². The molecule has 9 heteroatoms. The summed E-state index contributed by atoms with van der Waals surface area (Å²) in [5, 5.41) is 9.21. The van der Waals surface area contributed by atoms with Crippen LogP contribution in [0.3, 0.4) is 0 Å². The first-order chi connectivity index (χ1) is 14.9. The quantitative estimate of drug-likeness (QED) is 0.614. The number of carbonyl (C=O) groups is 1. The van der Waals surface area contributed by atoms with E-state index < -0.39 is 10.0 Å². The predicted molar refractivity (Wildman–Crippen MR) is 116 cm³/mol. The summed E-state index contributed by atoms with van der Waals surface area (Å²) < 4.78 is 32.8. The van der Waals surface area contributed by atoms with Gasteiger partial charge < -0.3 is 9.64 Å². The van der Waals surface area contributed by atoms with E-state index in [9.17, 15) is 18.5 Å². The number of nitriles is 1. The van der Waals surface area contributed by atoms with Gasteiger partial charge in [0, 0.05) is 32.7 Å². The lowest BCUT2D eigenvalue weighted by Gasteiger charge is -2.34. The third-order valence-corrected chi connectivity index (χ3v) is 7.06. The number of rotatable bonds is 8. The van der Waals surface area contributed by atoms with Gasteiger partial charge in [0.05, 0.1) is 17.0 Å². The van der Waals surface area contributed by atoms with Crippen molar-refractivity contribution < 1.29 is 17.9 Å². The van der Waals surface area contributed by atoms with E-state index in [2.05, 4.69) is 0 Å². The normalized spacial score (nSPS) is 14.9. The molecule has 0 spiro atoms. The molecule has 0 saturated carbocycles. The monoisotopic (exact) mass is 442 g/mol. The molecule has 0 aliphatic carbocycles. The number of sulfonamides is 1. The predicted octanol–water partition coefficient (Wildman–Crippen LogP) is 1.40. The lowest BCUT2D eigenvalue weighted by Crippen LogP contribution is -2.52. The van der Waals surface area contributed by atoms with Gasteiger partial charge in [-0.05, 0) is 31.3 Å². The van der Waals surface area contributed by atoms with Crippen LogP contribution in [-0.2, 0) is 14.8 Å². The highest BCUT2D eigenvalue weighted by molar-refractivity contribution is 7.89. The van der Waals surface area contributed by atoms with Crippen LogP contribution in [0.1, 0.15) is 5.56 Å². The highest BCUT2D eigenvalue weighted by Crippen LogP contribution is 2.21. The second kappa shape index (κ2) is 10.4. The van der Waals surface area contributed by atoms with Crippen molar-refractivity contribution in [2.45, 2.75) is 4.90 Å². The molecule has 1 saturated heterocycles. The van der Waals surface area contributed by atoms with Crippen LogP contribution in [0.5, 0.6) is 5.75 Å². The van der Waals surface area contributed by atoms with Crippen molar-refractivity contribution in [3.8, 4) is 11.8 Å². The summed E-state index contributed by atoms with van der Waals surface area (Å²) in [4.78, 5) is 16.2. The SMILES string of the molecule is CN(CCOc1ccccc1)CC(=O)N1CCN(S(=O)(=O)c2ccccc2C#N)CC1. The van der Waals surface area contributed by atoms with E-state index in [1.807, 2.05) is 48.3 Å². The first-order valence-corrected chi connectivity index (χ1v) is 11.5. The highest BCUT2D eigenvalue weighted by Gasteiger charge is 2.31. The third-order valence-electron chi connectivity index (χ3n) is 5.11. The Kier molecular flexibility index (Phi) is 7.63. The van der Waals surface area contributed by atoms with Crippen LogP contribution in [-0.4, -0.2) is 81.4 Å². The van der Waals surface area contributed by atoms with Crippen molar-refractivity contribution in [2.75, 3.05) is 52.9 Å². The van der Waals surface area contributed by atoms with Crippen molar-refractivity contribution in [3.63, 3.8) is 0 Å². The molecule has 1 aliphatic rings. The van der Waals surface area contributed by atoms with Crippen molar-refractivity contribution in [3.05, 3.63) is 60.2 Å². The number of para-hydroxylation sites is 1. The molecule has 3 rings (SSSR count). The molecule has 8 nitrogen and oxygen atoms in total. The summed E-state index contributed by atoms with van der Waals surface area (Å²) >= 11 is 0. The van der Waals surface area contributed by atoms with E-state index in [-0.39, 0.29) is 36.0 Å². The molecule has 2 aromatic carbocycles. The Balaban J connectivity index is 1.47. The molecule has 31 heavy (non-hydrogen) atoms. The van der Waals surface area contributed by atoms with E-state index in [0.29, 0.717) is 26.2 Å². The maximum atomic E-state index is 12.9. The van der Waals surface area contributed by atoms with Crippen LogP contribution < -0.4 is 4.74 Å². The molecule has 0 bridgehead atoms. The summed E-state index contributed by atoms with van der Waals surface area (Å²) in [6.45, 7) is 2.35. The molecule has 1 aliphatic heterocycles. The Morgan fingerprint density at radius 1 is 1.06 bits per heavy atom. The van der Waals surface area contributed by atoms with Gasteiger partial charge in [-0.25, -0.2) is 8.42 Å². The number of piperazine rings is 1. The van der Waals surface area contributed by atoms with Crippen molar-refractivity contribution >= 4 is 15.9 Å². The first-order valence-electron chi connectivity index (χ1n) is 10.1. The van der Waals surface area contributed by atoms with Crippen molar-refractivity contribution in [1.29, 1.82) is 5.26 Å². The molecule has 0 aromatic heterocycles. The number of hydrogen-bond donors (Lipinski definition) is 0. The van der Waals surface area contributed by atoms with E-state index >= 15 is 0 Å². The van der Waals surface area contributed by atoms with Gasteiger partial charge in [0.15, 0.2) is 0 Å². The Hall–Kier alpha value is -2.93. The minimum absolute atomic E-state index is 0.00965. The van der Waals surface area contributed by atoms with Crippen LogP contribution in [0.15, 0.2) is 59.5 Å². The standard InChI is InChI=1S/C22H26N4O4S/c1-24(15-16-30-20-8-3-2-4-9-20)18-22(27)25-11-13-26(14-12-25)31(28,29)21-10-6-5-7-19(21)17-23/h2-10H,11-16,18H2,1H3. The van der Waals surface area contributed by atoms with Crippen LogP contribution >= 0.6 is 0 Å². The zero-order valence-electron chi connectivity index (χ0n) is 17.5. The van der Waals surface area contributed by atoms with Crippen molar-refractivity contribution in [1.82, 2.24) is 14.1 Å². The summed E-state index contributed by atoms with van der Waals surface area (Å²) in [7, 11) is -1.92. The van der Waals surface area contributed by atoms with Gasteiger partial charge >= 0.3 is 0 Å². The third kappa shape index (κ3) is 5.82. The van der Waals surface area contributed by atoms with E-state index in [0.717, 1.165) is 5.75 Å². The van der Waals surface area contributed by atoms with Gasteiger partial charge in [0.2, 0.25) is 15.9 Å². The second-order valence-corrected chi connectivity index (χ2v) is 9.20. The molecule has 0 N–H and O–H groups in total. The van der Waals surface area contributed by atoms with Crippen LogP contribution in [0.2, 0.25) is 0 Å². The average Bonchev–Trinajstić information content (AvgIpc) is 2.79.